The Kier molecular flexibility index (Phi) is 5.16. The standard InChI is InChI=1S/C16H17NO4S/c1-22(19,20)12-11-16(18)17-14-9-5-6-10-15(14)21-13-7-3-2-4-8-13/h2-10H,11-12H2,1H3,(H,17,18). The Morgan fingerprint density at radius 1 is 1.05 bits per heavy atom. The summed E-state index contributed by atoms with van der Waals surface area (Å²) in [7, 11) is -3.16. The van der Waals surface area contributed by atoms with Crippen LogP contribution in [0.25, 0.3) is 0 Å². The van der Waals surface area contributed by atoms with Crippen molar-refractivity contribution in [2.24, 2.45) is 0 Å². The van der Waals surface area contributed by atoms with E-state index < -0.39 is 9.84 Å². The van der Waals surface area contributed by atoms with Crippen LogP contribution in [0.3, 0.4) is 0 Å². The lowest BCUT2D eigenvalue weighted by atomic mass is 10.2. The summed E-state index contributed by atoms with van der Waals surface area (Å²) in [5.41, 5.74) is 0.504. The molecule has 2 aromatic carbocycles. The van der Waals surface area contributed by atoms with Crippen molar-refractivity contribution in [3.05, 3.63) is 54.6 Å². The Hall–Kier alpha value is -2.34. The molecule has 0 heterocycles. The maximum atomic E-state index is 11.8. The number of nitrogens with one attached hydrogen (secondary N) is 1. The zero-order valence-electron chi connectivity index (χ0n) is 12.2. The second kappa shape index (κ2) is 7.09. The minimum Gasteiger partial charge on any atom is -0.455 e. The van der Waals surface area contributed by atoms with Crippen LogP contribution in [0.5, 0.6) is 11.5 Å². The summed E-state index contributed by atoms with van der Waals surface area (Å²) in [6.45, 7) is 0. The van der Waals surface area contributed by atoms with Gasteiger partial charge in [-0.05, 0) is 24.3 Å². The number of amides is 1. The van der Waals surface area contributed by atoms with Crippen molar-refractivity contribution >= 4 is 21.4 Å². The number of anilines is 1. The predicted octanol–water partition coefficient (Wildman–Crippen LogP) is 2.85. The molecule has 5 nitrogen and oxygen atoms in total. The molecule has 2 rings (SSSR count). The van der Waals surface area contributed by atoms with E-state index in [-0.39, 0.29) is 18.1 Å². The minimum absolute atomic E-state index is 0.0848. The van der Waals surface area contributed by atoms with Crippen molar-refractivity contribution in [3.63, 3.8) is 0 Å². The molecule has 0 saturated heterocycles. The van der Waals surface area contributed by atoms with Gasteiger partial charge >= 0.3 is 0 Å². The van der Waals surface area contributed by atoms with Crippen LogP contribution in [0.4, 0.5) is 5.69 Å². The smallest absolute Gasteiger partial charge is 0.225 e. The highest BCUT2D eigenvalue weighted by molar-refractivity contribution is 7.90. The third-order valence-corrected chi connectivity index (χ3v) is 3.78. The molecular formula is C16H17NO4S. The second-order valence-electron chi connectivity index (χ2n) is 4.84. The summed E-state index contributed by atoms with van der Waals surface area (Å²) < 4.78 is 27.9. The fourth-order valence-corrected chi connectivity index (χ4v) is 2.32. The first-order valence-corrected chi connectivity index (χ1v) is 8.79. The van der Waals surface area contributed by atoms with Crippen molar-refractivity contribution in [2.45, 2.75) is 6.42 Å². The van der Waals surface area contributed by atoms with Gasteiger partial charge in [-0.25, -0.2) is 8.42 Å². The van der Waals surface area contributed by atoms with E-state index in [1.54, 1.807) is 24.3 Å². The van der Waals surface area contributed by atoms with Gasteiger partial charge in [-0.3, -0.25) is 4.79 Å². The molecule has 0 bridgehead atoms. The van der Waals surface area contributed by atoms with Crippen molar-refractivity contribution < 1.29 is 17.9 Å². The molecule has 2 aromatic rings. The summed E-state index contributed by atoms with van der Waals surface area (Å²) in [5.74, 6) is 0.608. The van der Waals surface area contributed by atoms with Crippen LogP contribution in [-0.4, -0.2) is 26.3 Å². The number of para-hydroxylation sites is 3. The molecule has 0 spiro atoms. The van der Waals surface area contributed by atoms with Gasteiger partial charge in [0, 0.05) is 12.7 Å². The average Bonchev–Trinajstić information content (AvgIpc) is 2.48. The number of rotatable bonds is 6. The highest BCUT2D eigenvalue weighted by atomic mass is 32.2. The fourth-order valence-electron chi connectivity index (χ4n) is 1.77. The molecule has 0 radical (unpaired) electrons. The van der Waals surface area contributed by atoms with Gasteiger partial charge in [0.05, 0.1) is 11.4 Å². The van der Waals surface area contributed by atoms with Crippen LogP contribution in [0.1, 0.15) is 6.42 Å². The van der Waals surface area contributed by atoms with Gasteiger partial charge in [0.25, 0.3) is 0 Å². The first-order chi connectivity index (χ1) is 10.4. The Bertz CT molecular complexity index is 742. The van der Waals surface area contributed by atoms with Crippen LogP contribution in [0, 0.1) is 0 Å². The van der Waals surface area contributed by atoms with Gasteiger partial charge in [-0.2, -0.15) is 0 Å². The molecule has 0 atom stereocenters. The van der Waals surface area contributed by atoms with E-state index in [0.29, 0.717) is 17.2 Å². The summed E-state index contributed by atoms with van der Waals surface area (Å²) in [6.07, 6.45) is 1.02. The molecule has 0 aliphatic carbocycles. The molecule has 0 aromatic heterocycles. The van der Waals surface area contributed by atoms with E-state index in [4.69, 9.17) is 4.74 Å². The summed E-state index contributed by atoms with van der Waals surface area (Å²) in [6, 6.07) is 16.2. The summed E-state index contributed by atoms with van der Waals surface area (Å²) in [4.78, 5) is 11.8. The van der Waals surface area contributed by atoms with E-state index in [0.717, 1.165) is 6.26 Å². The Morgan fingerprint density at radius 2 is 1.68 bits per heavy atom. The van der Waals surface area contributed by atoms with Crippen molar-refractivity contribution in [3.8, 4) is 11.5 Å². The highest BCUT2D eigenvalue weighted by Gasteiger charge is 2.11. The lowest BCUT2D eigenvalue weighted by Gasteiger charge is -2.12. The van der Waals surface area contributed by atoms with Crippen molar-refractivity contribution in [2.75, 3.05) is 17.3 Å². The Balaban J connectivity index is 2.07. The van der Waals surface area contributed by atoms with Gasteiger partial charge in [0.15, 0.2) is 5.75 Å². The van der Waals surface area contributed by atoms with Crippen LogP contribution in [-0.2, 0) is 14.6 Å². The van der Waals surface area contributed by atoms with Gasteiger partial charge in [0.2, 0.25) is 5.91 Å². The predicted molar refractivity (Wildman–Crippen MR) is 85.9 cm³/mol. The second-order valence-corrected chi connectivity index (χ2v) is 7.10. The topological polar surface area (TPSA) is 72.5 Å². The monoisotopic (exact) mass is 319 g/mol. The minimum atomic E-state index is -3.16. The van der Waals surface area contributed by atoms with Crippen LogP contribution < -0.4 is 10.1 Å². The summed E-state index contributed by atoms with van der Waals surface area (Å²) in [5, 5.41) is 2.67. The molecule has 0 aliphatic heterocycles. The molecule has 22 heavy (non-hydrogen) atoms. The molecular weight excluding hydrogens is 302 g/mol. The number of carbonyl (C=O) groups is 1. The van der Waals surface area contributed by atoms with Gasteiger partial charge < -0.3 is 10.1 Å². The Morgan fingerprint density at radius 3 is 2.36 bits per heavy atom. The molecule has 0 aliphatic rings. The molecule has 1 amide bonds. The van der Waals surface area contributed by atoms with Crippen molar-refractivity contribution in [1.82, 2.24) is 0 Å². The Labute approximate surface area is 129 Å². The molecule has 1 N–H and O–H groups in total. The van der Waals surface area contributed by atoms with Crippen LogP contribution in [0.2, 0.25) is 0 Å². The molecule has 116 valence electrons. The van der Waals surface area contributed by atoms with E-state index in [2.05, 4.69) is 5.32 Å². The zero-order chi connectivity index (χ0) is 16.0. The lowest BCUT2D eigenvalue weighted by molar-refractivity contribution is -0.115. The fraction of sp³-hybridized carbons (Fsp3) is 0.188. The highest BCUT2D eigenvalue weighted by Crippen LogP contribution is 2.29. The van der Waals surface area contributed by atoms with E-state index in [1.807, 2.05) is 30.3 Å². The van der Waals surface area contributed by atoms with Gasteiger partial charge in [-0.15, -0.1) is 0 Å². The maximum absolute atomic E-state index is 11.8. The quantitative estimate of drug-likeness (QED) is 0.888. The first kappa shape index (κ1) is 16.0. The van der Waals surface area contributed by atoms with E-state index in [1.165, 1.54) is 0 Å². The molecule has 0 saturated carbocycles. The number of carbonyl (C=O) groups excluding carboxylic acids is 1. The van der Waals surface area contributed by atoms with E-state index >= 15 is 0 Å². The normalized spacial score (nSPS) is 11.0. The number of hydrogen-bond acceptors (Lipinski definition) is 4. The van der Waals surface area contributed by atoms with Crippen LogP contribution in [0.15, 0.2) is 54.6 Å². The lowest BCUT2D eigenvalue weighted by Crippen LogP contribution is -2.16. The zero-order valence-corrected chi connectivity index (χ0v) is 13.0. The van der Waals surface area contributed by atoms with E-state index in [9.17, 15) is 13.2 Å². The molecule has 0 fully saturated rings. The largest absolute Gasteiger partial charge is 0.455 e. The van der Waals surface area contributed by atoms with Gasteiger partial charge in [-0.1, -0.05) is 30.3 Å². The van der Waals surface area contributed by atoms with Gasteiger partial charge in [0.1, 0.15) is 15.6 Å². The van der Waals surface area contributed by atoms with Crippen molar-refractivity contribution in [1.29, 1.82) is 0 Å². The average molecular weight is 319 g/mol. The summed E-state index contributed by atoms with van der Waals surface area (Å²) >= 11 is 0. The number of benzene rings is 2. The SMILES string of the molecule is CS(=O)(=O)CCC(=O)Nc1ccccc1Oc1ccccc1. The third kappa shape index (κ3) is 5.21. The maximum Gasteiger partial charge on any atom is 0.225 e. The number of hydrogen-bond donors (Lipinski definition) is 1. The third-order valence-electron chi connectivity index (χ3n) is 2.83. The van der Waals surface area contributed by atoms with Crippen LogP contribution >= 0.6 is 0 Å². The molecule has 6 heteroatoms. The molecule has 0 unspecified atom stereocenters. The first-order valence-electron chi connectivity index (χ1n) is 6.73. The number of ether oxygens (including phenoxy) is 1. The number of sulfone groups is 1.